The Balaban J connectivity index is 1.95. The fourth-order valence-electron chi connectivity index (χ4n) is 3.42. The maximum atomic E-state index is 13.1. The molecule has 3 rings (SSSR count). The first-order valence-electron chi connectivity index (χ1n) is 9.98. The maximum Gasteiger partial charge on any atom is 0.430 e. The summed E-state index contributed by atoms with van der Waals surface area (Å²) in [6, 6.07) is 11.6. The van der Waals surface area contributed by atoms with E-state index >= 15 is 0 Å². The van der Waals surface area contributed by atoms with E-state index in [0.29, 0.717) is 31.0 Å². The molecule has 0 aliphatic carbocycles. The topological polar surface area (TPSA) is 85.0 Å². The maximum absolute atomic E-state index is 13.1. The van der Waals surface area contributed by atoms with Gasteiger partial charge in [0.2, 0.25) is 0 Å². The van der Waals surface area contributed by atoms with Crippen LogP contribution in [0.3, 0.4) is 0 Å². The van der Waals surface area contributed by atoms with E-state index in [9.17, 15) is 22.8 Å². The van der Waals surface area contributed by atoms with Crippen molar-refractivity contribution in [2.45, 2.75) is 25.1 Å². The molecule has 2 aromatic rings. The smallest absolute Gasteiger partial charge is 0.430 e. The number of esters is 1. The number of allylic oxidation sites excluding steroid dienone is 2. The van der Waals surface area contributed by atoms with Crippen molar-refractivity contribution >= 4 is 34.9 Å². The van der Waals surface area contributed by atoms with Crippen LogP contribution in [0.4, 0.5) is 18.9 Å². The Morgan fingerprint density at radius 2 is 1.79 bits per heavy atom. The highest BCUT2D eigenvalue weighted by Crippen LogP contribution is 2.27. The largest absolute Gasteiger partial charge is 0.467 e. The number of carbonyl (C=O) groups is 2. The molecule has 0 saturated carbocycles. The van der Waals surface area contributed by atoms with E-state index in [2.05, 4.69) is 4.99 Å². The van der Waals surface area contributed by atoms with Crippen molar-refractivity contribution in [2.24, 2.45) is 10.7 Å². The van der Waals surface area contributed by atoms with Gasteiger partial charge >= 0.3 is 12.1 Å². The van der Waals surface area contributed by atoms with Gasteiger partial charge in [-0.05, 0) is 43.2 Å². The third-order valence-electron chi connectivity index (χ3n) is 5.13. The van der Waals surface area contributed by atoms with Crippen molar-refractivity contribution in [3.63, 3.8) is 0 Å². The van der Waals surface area contributed by atoms with Gasteiger partial charge in [-0.15, -0.1) is 0 Å². The Hall–Kier alpha value is -3.33. The number of hydrogen-bond donors (Lipinski definition) is 1. The Morgan fingerprint density at radius 3 is 2.39 bits per heavy atom. The van der Waals surface area contributed by atoms with Gasteiger partial charge in [0, 0.05) is 17.7 Å². The quantitative estimate of drug-likeness (QED) is 0.500. The number of aliphatic imine (C=N–C) groups is 1. The molecule has 10 heteroatoms. The standard InChI is InChI=1S/C23H21ClF3N3O3/c1-33-22(32)19-7-4-12-30(19)21(31)15-10-8-14(9-11-15)18(13-20(28)23(25,26)27)29-17-6-3-2-5-16(17)24/h2-3,5-6,8-11,13,19H,4,7,12,28H2,1H3. The van der Waals surface area contributed by atoms with Gasteiger partial charge in [0.25, 0.3) is 5.91 Å². The number of methoxy groups -OCH3 is 1. The molecular formula is C23H21ClF3N3O3. The highest BCUT2D eigenvalue weighted by molar-refractivity contribution is 6.33. The van der Waals surface area contributed by atoms with E-state index in [1.54, 1.807) is 24.3 Å². The highest BCUT2D eigenvalue weighted by Gasteiger charge is 2.35. The van der Waals surface area contributed by atoms with Crippen LogP contribution >= 0.6 is 11.6 Å². The first-order valence-corrected chi connectivity index (χ1v) is 10.4. The number of likely N-dealkylation sites (tertiary alicyclic amines) is 1. The molecule has 0 spiro atoms. The Labute approximate surface area is 193 Å². The molecule has 0 aromatic heterocycles. The summed E-state index contributed by atoms with van der Waals surface area (Å²) >= 11 is 6.10. The summed E-state index contributed by atoms with van der Waals surface area (Å²) < 4.78 is 43.9. The van der Waals surface area contributed by atoms with Crippen molar-refractivity contribution in [3.05, 3.63) is 76.5 Å². The number of hydrogen-bond acceptors (Lipinski definition) is 5. The molecule has 1 aliphatic rings. The number of halogens is 4. The zero-order valence-electron chi connectivity index (χ0n) is 17.6. The minimum atomic E-state index is -4.74. The second kappa shape index (κ2) is 10.1. The van der Waals surface area contributed by atoms with Gasteiger partial charge in [0.05, 0.1) is 23.5 Å². The molecule has 174 valence electrons. The fraction of sp³-hybridized carbons (Fsp3) is 0.261. The van der Waals surface area contributed by atoms with Crippen LogP contribution in [0.25, 0.3) is 0 Å². The van der Waals surface area contributed by atoms with Crippen LogP contribution < -0.4 is 5.73 Å². The summed E-state index contributed by atoms with van der Waals surface area (Å²) in [6.07, 6.45) is -2.85. The molecule has 1 fully saturated rings. The van der Waals surface area contributed by atoms with Crippen LogP contribution in [-0.4, -0.2) is 48.4 Å². The van der Waals surface area contributed by atoms with E-state index < -0.39 is 23.9 Å². The molecule has 2 N–H and O–H groups in total. The summed E-state index contributed by atoms with van der Waals surface area (Å²) in [4.78, 5) is 30.5. The summed E-state index contributed by atoms with van der Waals surface area (Å²) in [6.45, 7) is 0.407. The fourth-order valence-corrected chi connectivity index (χ4v) is 3.60. The molecule has 33 heavy (non-hydrogen) atoms. The van der Waals surface area contributed by atoms with Crippen molar-refractivity contribution in [1.82, 2.24) is 4.90 Å². The zero-order chi connectivity index (χ0) is 24.2. The Kier molecular flexibility index (Phi) is 7.43. The van der Waals surface area contributed by atoms with E-state index in [1.807, 2.05) is 0 Å². The third-order valence-corrected chi connectivity index (χ3v) is 5.45. The SMILES string of the molecule is COC(=O)C1CCCN1C(=O)c1ccc(C(C=C(N)C(F)(F)F)=Nc2ccccc2Cl)cc1. The first-order chi connectivity index (χ1) is 15.6. The summed E-state index contributed by atoms with van der Waals surface area (Å²) in [5.41, 5.74) is 4.65. The van der Waals surface area contributed by atoms with Gasteiger partial charge < -0.3 is 15.4 Å². The van der Waals surface area contributed by atoms with Crippen LogP contribution in [-0.2, 0) is 9.53 Å². The van der Waals surface area contributed by atoms with Crippen molar-refractivity contribution in [1.29, 1.82) is 0 Å². The lowest BCUT2D eigenvalue weighted by molar-refractivity contribution is -0.145. The molecule has 2 aromatic carbocycles. The first kappa shape index (κ1) is 24.3. The monoisotopic (exact) mass is 479 g/mol. The normalized spacial score (nSPS) is 17.2. The van der Waals surface area contributed by atoms with Crippen LogP contribution in [0.15, 0.2) is 65.3 Å². The predicted octanol–water partition coefficient (Wildman–Crippen LogP) is 4.64. The van der Waals surface area contributed by atoms with Gasteiger partial charge in [-0.3, -0.25) is 4.79 Å². The number of nitrogens with zero attached hydrogens (tertiary/aromatic N) is 2. The number of amides is 1. The second-order valence-corrected chi connectivity index (χ2v) is 7.71. The predicted molar refractivity (Wildman–Crippen MR) is 118 cm³/mol. The van der Waals surface area contributed by atoms with Crippen LogP contribution in [0.5, 0.6) is 0 Å². The lowest BCUT2D eigenvalue weighted by atomic mass is 10.0. The van der Waals surface area contributed by atoms with Gasteiger partial charge in [0.15, 0.2) is 0 Å². The molecule has 1 unspecified atom stereocenters. The molecule has 1 atom stereocenters. The molecule has 6 nitrogen and oxygen atoms in total. The molecule has 1 aliphatic heterocycles. The molecule has 0 radical (unpaired) electrons. The van der Waals surface area contributed by atoms with E-state index in [1.165, 1.54) is 36.3 Å². The number of nitrogens with two attached hydrogens (primary N) is 1. The third kappa shape index (κ3) is 5.73. The number of alkyl halides is 3. The molecule has 1 saturated heterocycles. The Morgan fingerprint density at radius 1 is 1.15 bits per heavy atom. The minimum absolute atomic E-state index is 0.0782. The average Bonchev–Trinajstić information content (AvgIpc) is 3.28. The lowest BCUT2D eigenvalue weighted by Gasteiger charge is -2.22. The van der Waals surface area contributed by atoms with Crippen LogP contribution in [0, 0.1) is 0 Å². The summed E-state index contributed by atoms with van der Waals surface area (Å²) in [5.74, 6) is -0.858. The zero-order valence-corrected chi connectivity index (χ0v) is 18.4. The summed E-state index contributed by atoms with van der Waals surface area (Å²) in [7, 11) is 1.26. The Bertz CT molecular complexity index is 1100. The highest BCUT2D eigenvalue weighted by atomic mass is 35.5. The van der Waals surface area contributed by atoms with Crippen molar-refractivity contribution in [2.75, 3.05) is 13.7 Å². The second-order valence-electron chi connectivity index (χ2n) is 7.30. The van der Waals surface area contributed by atoms with Gasteiger partial charge in [-0.1, -0.05) is 35.9 Å². The number of ether oxygens (including phenoxy) is 1. The number of rotatable bonds is 5. The van der Waals surface area contributed by atoms with E-state index in [-0.39, 0.29) is 27.9 Å². The lowest BCUT2D eigenvalue weighted by Crippen LogP contribution is -2.41. The van der Waals surface area contributed by atoms with Gasteiger partial charge in [0.1, 0.15) is 11.7 Å². The van der Waals surface area contributed by atoms with Gasteiger partial charge in [-0.25, -0.2) is 9.79 Å². The van der Waals surface area contributed by atoms with E-state index in [0.717, 1.165) is 0 Å². The molecule has 1 heterocycles. The number of para-hydroxylation sites is 1. The average molecular weight is 480 g/mol. The number of benzene rings is 2. The molecule has 1 amide bonds. The van der Waals surface area contributed by atoms with E-state index in [4.69, 9.17) is 22.1 Å². The van der Waals surface area contributed by atoms with Crippen molar-refractivity contribution < 1.29 is 27.5 Å². The summed E-state index contributed by atoms with van der Waals surface area (Å²) in [5, 5.41) is 0.253. The minimum Gasteiger partial charge on any atom is -0.467 e. The molecule has 0 bridgehead atoms. The van der Waals surface area contributed by atoms with Crippen LogP contribution in [0.2, 0.25) is 5.02 Å². The van der Waals surface area contributed by atoms with Crippen LogP contribution in [0.1, 0.15) is 28.8 Å². The number of carbonyl (C=O) groups excluding carboxylic acids is 2. The van der Waals surface area contributed by atoms with Gasteiger partial charge in [-0.2, -0.15) is 13.2 Å². The van der Waals surface area contributed by atoms with Crippen molar-refractivity contribution in [3.8, 4) is 0 Å². The molecular weight excluding hydrogens is 459 g/mol.